The largest absolute Gasteiger partial charge is 0.491 e. The molecule has 2 amide bonds. The fraction of sp³-hybridized carbons (Fsp3) is 0.400. The molecule has 1 unspecified atom stereocenters. The Balaban J connectivity index is 1.80. The summed E-state index contributed by atoms with van der Waals surface area (Å²) >= 11 is 0. The van der Waals surface area contributed by atoms with E-state index in [0.29, 0.717) is 25.1 Å². The van der Waals surface area contributed by atoms with Crippen molar-refractivity contribution in [1.29, 1.82) is 0 Å². The summed E-state index contributed by atoms with van der Waals surface area (Å²) in [6.07, 6.45) is 0.394. The van der Waals surface area contributed by atoms with Crippen LogP contribution in [-0.4, -0.2) is 72.4 Å². The number of fused-ring (bicyclic) bond motifs is 1. The highest BCUT2D eigenvalue weighted by Crippen LogP contribution is 2.21. The zero-order valence-electron chi connectivity index (χ0n) is 22.4. The topological polar surface area (TPSA) is 79.3 Å². The highest BCUT2D eigenvalue weighted by atomic mass is 16.6. The lowest BCUT2D eigenvalue weighted by Gasteiger charge is -2.32. The van der Waals surface area contributed by atoms with Gasteiger partial charge in [0.05, 0.1) is 6.61 Å². The molecule has 0 saturated heterocycles. The predicted octanol–water partition coefficient (Wildman–Crippen LogP) is 4.69. The van der Waals surface area contributed by atoms with Crippen LogP contribution in [0.1, 0.15) is 31.9 Å². The first-order chi connectivity index (χ1) is 17.6. The van der Waals surface area contributed by atoms with Crippen molar-refractivity contribution >= 4 is 22.8 Å². The Kier molecular flexibility index (Phi) is 9.53. The molecule has 7 nitrogen and oxygen atoms in total. The fourth-order valence-electron chi connectivity index (χ4n) is 4.10. The summed E-state index contributed by atoms with van der Waals surface area (Å²) in [4.78, 5) is 29.7. The monoisotopic (exact) mass is 506 g/mol. The number of hydrogen-bond acceptors (Lipinski definition) is 5. The van der Waals surface area contributed by atoms with Crippen molar-refractivity contribution in [3.63, 3.8) is 0 Å². The second-order valence-electron chi connectivity index (χ2n) is 10.2. The Morgan fingerprint density at radius 3 is 2.32 bits per heavy atom. The van der Waals surface area contributed by atoms with Gasteiger partial charge in [-0.05, 0) is 55.2 Å². The third kappa shape index (κ3) is 7.95. The van der Waals surface area contributed by atoms with Crippen LogP contribution in [-0.2, 0) is 22.4 Å². The van der Waals surface area contributed by atoms with Crippen LogP contribution in [0.25, 0.3) is 10.8 Å². The first-order valence-corrected chi connectivity index (χ1v) is 12.6. The van der Waals surface area contributed by atoms with Gasteiger partial charge in [-0.3, -0.25) is 9.69 Å². The van der Waals surface area contributed by atoms with Crippen LogP contribution in [0.3, 0.4) is 0 Å². The molecule has 3 rings (SSSR count). The standard InChI is InChI=1S/C30H38N2O5/c1-30(2,3)37-29(35)32(5)26(21-22-14-15-23-10-6-7-12-25(23)20-22)28(34)31(4)17-16-24-11-8-9-13-27(24)36-19-18-33/h6-15,20,26,33H,16-19,21H2,1-5H3. The minimum absolute atomic E-state index is 0.0693. The van der Waals surface area contributed by atoms with Gasteiger partial charge < -0.3 is 19.5 Å². The molecule has 0 aromatic heterocycles. The number of para-hydroxylation sites is 1. The summed E-state index contributed by atoms with van der Waals surface area (Å²) in [7, 11) is 3.36. The summed E-state index contributed by atoms with van der Waals surface area (Å²) in [6.45, 7) is 6.00. The average molecular weight is 507 g/mol. The Morgan fingerprint density at radius 1 is 0.946 bits per heavy atom. The van der Waals surface area contributed by atoms with Crippen molar-refractivity contribution in [1.82, 2.24) is 9.80 Å². The Hall–Kier alpha value is -3.58. The highest BCUT2D eigenvalue weighted by molar-refractivity contribution is 5.87. The summed E-state index contributed by atoms with van der Waals surface area (Å²) in [5.41, 5.74) is 1.23. The lowest BCUT2D eigenvalue weighted by atomic mass is 10.00. The minimum atomic E-state index is -0.734. The number of benzene rings is 3. The first kappa shape index (κ1) is 28.0. The number of rotatable bonds is 10. The number of carbonyl (C=O) groups excluding carboxylic acids is 2. The van der Waals surface area contributed by atoms with Crippen LogP contribution in [0.15, 0.2) is 66.7 Å². The second kappa shape index (κ2) is 12.6. The molecule has 0 spiro atoms. The first-order valence-electron chi connectivity index (χ1n) is 12.6. The van der Waals surface area contributed by atoms with Crippen molar-refractivity contribution < 1.29 is 24.2 Å². The Morgan fingerprint density at radius 2 is 1.62 bits per heavy atom. The molecule has 0 bridgehead atoms. The molecule has 3 aromatic carbocycles. The lowest BCUT2D eigenvalue weighted by Crippen LogP contribution is -2.51. The van der Waals surface area contributed by atoms with E-state index in [0.717, 1.165) is 21.9 Å². The summed E-state index contributed by atoms with van der Waals surface area (Å²) in [6, 6.07) is 21.0. The van der Waals surface area contributed by atoms with Crippen LogP contribution in [0.2, 0.25) is 0 Å². The molecule has 3 aromatic rings. The number of likely N-dealkylation sites (N-methyl/N-ethyl adjacent to an activating group) is 2. The maximum atomic E-state index is 13.7. The minimum Gasteiger partial charge on any atom is -0.491 e. The zero-order chi connectivity index (χ0) is 27.0. The zero-order valence-corrected chi connectivity index (χ0v) is 22.4. The SMILES string of the molecule is CN(CCc1ccccc1OCCO)C(=O)C(Cc1ccc2ccccc2c1)N(C)C(=O)OC(C)(C)C. The van der Waals surface area contributed by atoms with Crippen LogP contribution >= 0.6 is 0 Å². The summed E-state index contributed by atoms with van der Waals surface area (Å²) < 4.78 is 11.2. The lowest BCUT2D eigenvalue weighted by molar-refractivity contribution is -0.135. The molecule has 1 N–H and O–H groups in total. The number of nitrogens with zero attached hydrogens (tertiary/aromatic N) is 2. The van der Waals surface area contributed by atoms with Gasteiger partial charge in [0.2, 0.25) is 5.91 Å². The highest BCUT2D eigenvalue weighted by Gasteiger charge is 2.32. The van der Waals surface area contributed by atoms with Gasteiger partial charge in [0.1, 0.15) is 24.0 Å². The number of hydrogen-bond donors (Lipinski definition) is 1. The number of amides is 2. The number of aliphatic hydroxyl groups is 1. The normalized spacial score (nSPS) is 12.2. The van der Waals surface area contributed by atoms with E-state index in [2.05, 4.69) is 6.07 Å². The third-order valence-corrected chi connectivity index (χ3v) is 6.09. The summed E-state index contributed by atoms with van der Waals surface area (Å²) in [5, 5.41) is 11.3. The molecule has 198 valence electrons. The van der Waals surface area contributed by atoms with Crippen molar-refractivity contribution in [3.8, 4) is 5.75 Å². The van der Waals surface area contributed by atoms with Gasteiger partial charge in [0.25, 0.3) is 0 Å². The van der Waals surface area contributed by atoms with E-state index in [-0.39, 0.29) is 19.1 Å². The molecule has 0 radical (unpaired) electrons. The van der Waals surface area contributed by atoms with E-state index in [9.17, 15) is 9.59 Å². The quantitative estimate of drug-likeness (QED) is 0.432. The van der Waals surface area contributed by atoms with Gasteiger partial charge in [0, 0.05) is 27.1 Å². The van der Waals surface area contributed by atoms with E-state index in [1.807, 2.05) is 60.7 Å². The molecule has 0 heterocycles. The van der Waals surface area contributed by atoms with E-state index >= 15 is 0 Å². The van der Waals surface area contributed by atoms with Crippen LogP contribution < -0.4 is 4.74 Å². The van der Waals surface area contributed by atoms with Crippen molar-refractivity contribution in [2.75, 3.05) is 33.9 Å². The second-order valence-corrected chi connectivity index (χ2v) is 10.2. The van der Waals surface area contributed by atoms with Gasteiger partial charge in [-0.2, -0.15) is 0 Å². The molecular formula is C30H38N2O5. The maximum Gasteiger partial charge on any atom is 0.410 e. The summed E-state index contributed by atoms with van der Waals surface area (Å²) in [5.74, 6) is 0.520. The molecule has 0 fully saturated rings. The number of aliphatic hydroxyl groups excluding tert-OH is 1. The predicted molar refractivity (Wildman–Crippen MR) is 146 cm³/mol. The number of ether oxygens (including phenoxy) is 2. The van der Waals surface area contributed by atoms with Gasteiger partial charge in [-0.1, -0.05) is 60.7 Å². The van der Waals surface area contributed by atoms with E-state index < -0.39 is 17.7 Å². The average Bonchev–Trinajstić information content (AvgIpc) is 2.87. The molecule has 37 heavy (non-hydrogen) atoms. The van der Waals surface area contributed by atoms with Gasteiger partial charge in [0.15, 0.2) is 0 Å². The fourth-order valence-corrected chi connectivity index (χ4v) is 4.10. The maximum absolute atomic E-state index is 13.7. The van der Waals surface area contributed by atoms with Crippen LogP contribution in [0, 0.1) is 0 Å². The molecule has 7 heteroatoms. The molecule has 0 saturated carbocycles. The molecule has 0 aliphatic carbocycles. The molecule has 0 aliphatic heterocycles. The van der Waals surface area contributed by atoms with Gasteiger partial charge in [-0.15, -0.1) is 0 Å². The molecule has 1 atom stereocenters. The molecular weight excluding hydrogens is 468 g/mol. The van der Waals surface area contributed by atoms with Crippen molar-refractivity contribution in [2.45, 2.75) is 45.3 Å². The van der Waals surface area contributed by atoms with E-state index in [4.69, 9.17) is 14.6 Å². The smallest absolute Gasteiger partial charge is 0.410 e. The Labute approximate surface area is 219 Å². The van der Waals surface area contributed by atoms with Gasteiger partial charge >= 0.3 is 6.09 Å². The van der Waals surface area contributed by atoms with E-state index in [1.165, 1.54) is 4.90 Å². The Bertz CT molecular complexity index is 1200. The van der Waals surface area contributed by atoms with E-state index in [1.54, 1.807) is 39.8 Å². The number of carbonyl (C=O) groups is 2. The van der Waals surface area contributed by atoms with Crippen molar-refractivity contribution in [3.05, 3.63) is 77.9 Å². The molecule has 0 aliphatic rings. The van der Waals surface area contributed by atoms with Gasteiger partial charge in [-0.25, -0.2) is 4.79 Å². The van der Waals surface area contributed by atoms with Crippen LogP contribution in [0.4, 0.5) is 4.79 Å². The van der Waals surface area contributed by atoms with Crippen LogP contribution in [0.5, 0.6) is 5.75 Å². The third-order valence-electron chi connectivity index (χ3n) is 6.09. The van der Waals surface area contributed by atoms with Crippen molar-refractivity contribution in [2.24, 2.45) is 0 Å².